The van der Waals surface area contributed by atoms with Gasteiger partial charge in [0.1, 0.15) is 11.2 Å². The number of aryl methyl sites for hydroxylation is 1. The molecule has 2 saturated heterocycles. The second-order valence-electron chi connectivity index (χ2n) is 12.3. The Morgan fingerprint density at radius 1 is 1.20 bits per heavy atom. The molecule has 0 spiro atoms. The van der Waals surface area contributed by atoms with Gasteiger partial charge in [-0.15, -0.1) is 0 Å². The summed E-state index contributed by atoms with van der Waals surface area (Å²) in [6.45, 7) is 8.09. The molecular weight excluding hydrogens is 546 g/mol. The molecule has 3 aromatic heterocycles. The van der Waals surface area contributed by atoms with E-state index in [1.165, 1.54) is 0 Å². The summed E-state index contributed by atoms with van der Waals surface area (Å²) in [6, 6.07) is 5.41. The number of nitrogens with zero attached hydrogens (tertiary/aromatic N) is 5. The van der Waals surface area contributed by atoms with Crippen molar-refractivity contribution in [3.8, 4) is 11.1 Å². The van der Waals surface area contributed by atoms with Crippen LogP contribution in [0.15, 0.2) is 24.5 Å². The highest BCUT2D eigenvalue weighted by atomic mass is 35.5. The van der Waals surface area contributed by atoms with Crippen molar-refractivity contribution in [2.24, 2.45) is 7.05 Å². The SMILES string of the molecule is Cn1cc2c(Cl)c(-c3c[nH]c4nc(N5[C@@H]6CC[C@H]5CC(NC(=O)O)C6)c(COCC[Si](C)(C)C)nc34)ccc2n1. The number of carboxylic acid groups (broad SMARTS) is 1. The minimum absolute atomic E-state index is 0.0407. The topological polar surface area (TPSA) is 121 Å². The Morgan fingerprint density at radius 3 is 2.65 bits per heavy atom. The van der Waals surface area contributed by atoms with E-state index in [2.05, 4.69) is 39.9 Å². The molecule has 3 N–H and O–H groups in total. The van der Waals surface area contributed by atoms with Crippen LogP contribution < -0.4 is 10.2 Å². The van der Waals surface area contributed by atoms with Gasteiger partial charge in [0.25, 0.3) is 0 Å². The third-order valence-corrected chi connectivity index (χ3v) is 10.2. The molecule has 4 aromatic rings. The van der Waals surface area contributed by atoms with Crippen LogP contribution in [-0.4, -0.2) is 68.7 Å². The fourth-order valence-corrected chi connectivity index (χ4v) is 7.28. The second-order valence-corrected chi connectivity index (χ2v) is 18.3. The van der Waals surface area contributed by atoms with E-state index in [1.807, 2.05) is 31.6 Å². The lowest BCUT2D eigenvalue weighted by molar-refractivity contribution is 0.130. The number of hydrogen-bond donors (Lipinski definition) is 3. The lowest BCUT2D eigenvalue weighted by Crippen LogP contribution is -2.51. The van der Waals surface area contributed by atoms with Crippen molar-refractivity contribution in [2.45, 2.75) is 76.1 Å². The van der Waals surface area contributed by atoms with Crippen LogP contribution in [0.3, 0.4) is 0 Å². The van der Waals surface area contributed by atoms with Crippen LogP contribution in [0.2, 0.25) is 30.7 Å². The highest BCUT2D eigenvalue weighted by Gasteiger charge is 2.43. The van der Waals surface area contributed by atoms with Crippen LogP contribution in [0.4, 0.5) is 10.6 Å². The number of hydrogen-bond acceptors (Lipinski definition) is 6. The first-order valence-corrected chi connectivity index (χ1v) is 18.0. The van der Waals surface area contributed by atoms with Gasteiger partial charge in [-0.25, -0.2) is 14.8 Å². The summed E-state index contributed by atoms with van der Waals surface area (Å²) >= 11 is 6.89. The van der Waals surface area contributed by atoms with Gasteiger partial charge in [-0.3, -0.25) is 4.68 Å². The average molecular weight is 582 g/mol. The van der Waals surface area contributed by atoms with Crippen LogP contribution >= 0.6 is 11.6 Å². The second kappa shape index (κ2) is 10.4. The molecule has 2 bridgehead atoms. The van der Waals surface area contributed by atoms with Gasteiger partial charge in [-0.2, -0.15) is 5.10 Å². The third-order valence-electron chi connectivity index (χ3n) is 8.12. The normalized spacial score (nSPS) is 21.0. The van der Waals surface area contributed by atoms with E-state index in [1.54, 1.807) is 4.68 Å². The van der Waals surface area contributed by atoms with Crippen LogP contribution in [0.25, 0.3) is 33.2 Å². The standard InChI is InChI=1S/C28H36ClN7O3Si/c1-35-14-21-22(34-35)8-7-19(24(21)29)20-13-30-26-25(20)32-23(15-39-9-10-40(2,3)4)27(33-26)36-17-5-6-18(36)12-16(11-17)31-28(37)38/h7-8,13-14,16-18,31H,5-6,9-12,15H2,1-4H3,(H,30,33)(H,37,38)/t16?,17-,18+. The first-order chi connectivity index (χ1) is 19.1. The van der Waals surface area contributed by atoms with Gasteiger partial charge in [0.05, 0.1) is 17.1 Å². The quantitative estimate of drug-likeness (QED) is 0.178. The number of amides is 1. The van der Waals surface area contributed by atoms with Crippen molar-refractivity contribution in [3.05, 3.63) is 35.2 Å². The number of anilines is 1. The lowest BCUT2D eigenvalue weighted by Gasteiger charge is -2.40. The molecule has 1 unspecified atom stereocenters. The van der Waals surface area contributed by atoms with Crippen LogP contribution in [0.1, 0.15) is 31.4 Å². The smallest absolute Gasteiger partial charge is 0.404 e. The van der Waals surface area contributed by atoms with Crippen LogP contribution in [0, 0.1) is 0 Å². The minimum Gasteiger partial charge on any atom is -0.465 e. The molecule has 0 radical (unpaired) electrons. The average Bonchev–Trinajstić information content (AvgIpc) is 3.54. The molecule has 2 aliphatic heterocycles. The zero-order chi connectivity index (χ0) is 28.2. The molecule has 12 heteroatoms. The predicted octanol–water partition coefficient (Wildman–Crippen LogP) is 5.79. The Bertz CT molecular complexity index is 1570. The molecule has 10 nitrogen and oxygen atoms in total. The summed E-state index contributed by atoms with van der Waals surface area (Å²) in [5.74, 6) is 0.837. The van der Waals surface area contributed by atoms with E-state index in [0.717, 1.165) is 70.8 Å². The number of ether oxygens (including phenoxy) is 1. The predicted molar refractivity (Wildman–Crippen MR) is 160 cm³/mol. The summed E-state index contributed by atoms with van der Waals surface area (Å²) in [5.41, 5.74) is 4.87. The lowest BCUT2D eigenvalue weighted by atomic mass is 9.97. The van der Waals surface area contributed by atoms with Gasteiger partial charge in [-0.1, -0.05) is 37.3 Å². The molecule has 2 aliphatic rings. The van der Waals surface area contributed by atoms with Gasteiger partial charge in [0, 0.05) is 68.8 Å². The number of rotatable bonds is 8. The molecular formula is C28H36ClN7O3Si. The summed E-state index contributed by atoms with van der Waals surface area (Å²) < 4.78 is 7.98. The molecule has 3 atom stereocenters. The van der Waals surface area contributed by atoms with Gasteiger partial charge in [0.15, 0.2) is 11.5 Å². The number of aromatic amines is 1. The molecule has 0 aliphatic carbocycles. The monoisotopic (exact) mass is 581 g/mol. The molecule has 5 heterocycles. The highest BCUT2D eigenvalue weighted by Crippen LogP contribution is 2.42. The van der Waals surface area contributed by atoms with Crippen molar-refractivity contribution < 1.29 is 14.6 Å². The number of nitrogens with one attached hydrogen (secondary N) is 2. The summed E-state index contributed by atoms with van der Waals surface area (Å²) in [6.07, 6.45) is 6.42. The molecule has 2 fully saturated rings. The third kappa shape index (κ3) is 5.17. The molecule has 6 rings (SSSR count). The van der Waals surface area contributed by atoms with Crippen molar-refractivity contribution in [3.63, 3.8) is 0 Å². The fraction of sp³-hybridized carbons (Fsp3) is 0.500. The van der Waals surface area contributed by atoms with E-state index in [0.29, 0.717) is 23.9 Å². The number of carbonyl (C=O) groups is 1. The minimum atomic E-state index is -1.24. The van der Waals surface area contributed by atoms with Crippen LogP contribution in [0.5, 0.6) is 0 Å². The van der Waals surface area contributed by atoms with Crippen molar-refractivity contribution in [1.29, 1.82) is 0 Å². The summed E-state index contributed by atoms with van der Waals surface area (Å²) in [4.78, 5) is 27.3. The zero-order valence-corrected chi connectivity index (χ0v) is 25.1. The van der Waals surface area contributed by atoms with E-state index in [4.69, 9.17) is 26.3 Å². The maximum Gasteiger partial charge on any atom is 0.404 e. The van der Waals surface area contributed by atoms with Crippen LogP contribution in [-0.2, 0) is 18.4 Å². The first-order valence-electron chi connectivity index (χ1n) is 13.9. The Hall–Kier alpha value is -3.15. The number of piperidine rings is 1. The van der Waals surface area contributed by atoms with Gasteiger partial charge >= 0.3 is 6.09 Å². The highest BCUT2D eigenvalue weighted by molar-refractivity contribution is 6.76. The molecule has 1 aromatic carbocycles. The number of fused-ring (bicyclic) bond motifs is 4. The first kappa shape index (κ1) is 27.0. The van der Waals surface area contributed by atoms with E-state index >= 15 is 0 Å². The number of aromatic nitrogens is 5. The summed E-state index contributed by atoms with van der Waals surface area (Å²) in [5, 5.41) is 18.0. The van der Waals surface area contributed by atoms with Gasteiger partial charge in [0.2, 0.25) is 0 Å². The van der Waals surface area contributed by atoms with E-state index in [9.17, 15) is 9.90 Å². The van der Waals surface area contributed by atoms with E-state index in [-0.39, 0.29) is 18.1 Å². The molecule has 40 heavy (non-hydrogen) atoms. The zero-order valence-electron chi connectivity index (χ0n) is 23.4. The Kier molecular flexibility index (Phi) is 7.00. The Balaban J connectivity index is 1.38. The van der Waals surface area contributed by atoms with Gasteiger partial charge in [-0.05, 0) is 37.8 Å². The Labute approximate surface area is 239 Å². The van der Waals surface area contributed by atoms with Crippen molar-refractivity contribution >= 4 is 53.7 Å². The number of halogens is 1. The van der Waals surface area contributed by atoms with Gasteiger partial charge < -0.3 is 25.0 Å². The Morgan fingerprint density at radius 2 is 1.95 bits per heavy atom. The molecule has 212 valence electrons. The maximum atomic E-state index is 11.3. The molecule has 0 saturated carbocycles. The largest absolute Gasteiger partial charge is 0.465 e. The fourth-order valence-electron chi connectivity index (χ4n) is 6.22. The van der Waals surface area contributed by atoms with Crippen molar-refractivity contribution in [1.82, 2.24) is 30.0 Å². The van der Waals surface area contributed by atoms with Crippen molar-refractivity contribution in [2.75, 3.05) is 11.5 Å². The number of H-pyrrole nitrogens is 1. The van der Waals surface area contributed by atoms with E-state index < -0.39 is 14.2 Å². The summed E-state index contributed by atoms with van der Waals surface area (Å²) in [7, 11) is 0.645. The molecule has 1 amide bonds. The maximum absolute atomic E-state index is 11.3. The number of benzene rings is 1.